The van der Waals surface area contributed by atoms with Gasteiger partial charge in [0.05, 0.1) is 11.9 Å². The van der Waals surface area contributed by atoms with Gasteiger partial charge in [-0.2, -0.15) is 0 Å². The summed E-state index contributed by atoms with van der Waals surface area (Å²) in [5.41, 5.74) is 4.07. The summed E-state index contributed by atoms with van der Waals surface area (Å²) >= 11 is 0. The summed E-state index contributed by atoms with van der Waals surface area (Å²) in [6.07, 6.45) is 1.39. The van der Waals surface area contributed by atoms with Gasteiger partial charge in [-0.3, -0.25) is 13.9 Å². The molecule has 3 rings (SSSR count). The van der Waals surface area contributed by atoms with Crippen molar-refractivity contribution >= 4 is 27.5 Å². The number of benzene rings is 3. The Morgan fingerprint density at radius 2 is 1.53 bits per heavy atom. The fourth-order valence-corrected chi connectivity index (χ4v) is 5.39. The molecular weight excluding hydrogens is 498 g/mol. The molecule has 0 aliphatic rings. The third kappa shape index (κ3) is 7.44. The second kappa shape index (κ2) is 12.7. The highest BCUT2D eigenvalue weighted by Gasteiger charge is 2.33. The highest BCUT2D eigenvalue weighted by molar-refractivity contribution is 7.92. The largest absolute Gasteiger partial charge is 0.357 e. The van der Waals surface area contributed by atoms with Crippen LogP contribution in [0.3, 0.4) is 0 Å². The standard InChI is InChI=1S/C30H37N3O4S/c1-22(2)26-16-9-10-17-27(26)33(38(5,36)37)21-29(34)32(20-25-15-11-12-23(3)18-25)28(30(35)31-4)19-24-13-7-6-8-14-24/h6-18,22,28H,19-21H2,1-5H3,(H,31,35)/t28-/m0/s1. The van der Waals surface area contributed by atoms with Crippen molar-refractivity contribution in [2.45, 2.75) is 45.7 Å². The molecule has 0 saturated carbocycles. The number of hydrogen-bond acceptors (Lipinski definition) is 4. The maximum atomic E-state index is 14.0. The summed E-state index contributed by atoms with van der Waals surface area (Å²) in [5.74, 6) is -0.728. The van der Waals surface area contributed by atoms with Crippen LogP contribution in [0, 0.1) is 6.92 Å². The highest BCUT2D eigenvalue weighted by atomic mass is 32.2. The van der Waals surface area contributed by atoms with Gasteiger partial charge in [0.15, 0.2) is 0 Å². The number of para-hydroxylation sites is 1. The Morgan fingerprint density at radius 3 is 2.13 bits per heavy atom. The zero-order valence-electron chi connectivity index (χ0n) is 22.7. The first-order valence-electron chi connectivity index (χ1n) is 12.7. The minimum Gasteiger partial charge on any atom is -0.357 e. The molecule has 0 aliphatic heterocycles. The molecule has 202 valence electrons. The van der Waals surface area contributed by atoms with E-state index in [1.807, 2.05) is 87.5 Å². The lowest BCUT2D eigenvalue weighted by Crippen LogP contribution is -2.53. The first-order chi connectivity index (χ1) is 18.0. The molecule has 8 heteroatoms. The first kappa shape index (κ1) is 28.9. The Bertz CT molecular complexity index is 1360. The molecule has 1 atom stereocenters. The van der Waals surface area contributed by atoms with Gasteiger partial charge in [-0.1, -0.05) is 92.2 Å². The minimum atomic E-state index is -3.81. The van der Waals surface area contributed by atoms with Crippen LogP contribution in [-0.4, -0.2) is 51.0 Å². The number of amides is 2. The van der Waals surface area contributed by atoms with Crippen molar-refractivity contribution < 1.29 is 18.0 Å². The van der Waals surface area contributed by atoms with Crippen molar-refractivity contribution in [3.8, 4) is 0 Å². The zero-order chi connectivity index (χ0) is 27.9. The van der Waals surface area contributed by atoms with Crippen molar-refractivity contribution in [1.29, 1.82) is 0 Å². The molecule has 0 unspecified atom stereocenters. The van der Waals surface area contributed by atoms with Gasteiger partial charge < -0.3 is 10.2 Å². The summed E-state index contributed by atoms with van der Waals surface area (Å²) in [4.78, 5) is 28.7. The Balaban J connectivity index is 2.07. The summed E-state index contributed by atoms with van der Waals surface area (Å²) in [5, 5.41) is 2.69. The molecule has 0 fully saturated rings. The van der Waals surface area contributed by atoms with Gasteiger partial charge in [-0.05, 0) is 35.6 Å². The Hall–Kier alpha value is -3.65. The summed E-state index contributed by atoms with van der Waals surface area (Å²) in [6.45, 7) is 5.66. The molecule has 0 aromatic heterocycles. The number of hydrogen-bond donors (Lipinski definition) is 1. The van der Waals surface area contributed by atoms with Crippen LogP contribution in [0.4, 0.5) is 5.69 Å². The number of rotatable bonds is 11. The highest BCUT2D eigenvalue weighted by Crippen LogP contribution is 2.29. The van der Waals surface area contributed by atoms with Gasteiger partial charge in [0.2, 0.25) is 21.8 Å². The van der Waals surface area contributed by atoms with Crippen LogP contribution in [0.1, 0.15) is 42.0 Å². The Morgan fingerprint density at radius 1 is 0.895 bits per heavy atom. The van der Waals surface area contributed by atoms with Crippen LogP contribution in [0.25, 0.3) is 0 Å². The van der Waals surface area contributed by atoms with Gasteiger partial charge in [-0.25, -0.2) is 8.42 Å². The van der Waals surface area contributed by atoms with Gasteiger partial charge in [0.1, 0.15) is 12.6 Å². The fraction of sp³-hybridized carbons (Fsp3) is 0.333. The SMILES string of the molecule is CNC(=O)[C@H](Cc1ccccc1)N(Cc1cccc(C)c1)C(=O)CN(c1ccccc1C(C)C)S(C)(=O)=O. The number of likely N-dealkylation sites (N-methyl/N-ethyl adjacent to an activating group) is 1. The van der Waals surface area contributed by atoms with Crippen molar-refractivity contribution in [2.24, 2.45) is 0 Å². The molecule has 0 saturated heterocycles. The fourth-order valence-electron chi connectivity index (χ4n) is 4.53. The van der Waals surface area contributed by atoms with Crippen LogP contribution >= 0.6 is 0 Å². The quantitative estimate of drug-likeness (QED) is 0.397. The average molecular weight is 536 g/mol. The van der Waals surface area contributed by atoms with E-state index in [-0.39, 0.29) is 18.4 Å². The third-order valence-electron chi connectivity index (χ3n) is 6.46. The number of carbonyl (C=O) groups excluding carboxylic acids is 2. The monoisotopic (exact) mass is 535 g/mol. The molecule has 0 heterocycles. The van der Waals surface area contributed by atoms with Crippen molar-refractivity contribution in [2.75, 3.05) is 24.2 Å². The maximum absolute atomic E-state index is 14.0. The normalized spacial score (nSPS) is 12.2. The number of anilines is 1. The molecule has 1 N–H and O–H groups in total. The number of nitrogens with zero attached hydrogens (tertiary/aromatic N) is 2. The zero-order valence-corrected chi connectivity index (χ0v) is 23.5. The maximum Gasteiger partial charge on any atom is 0.244 e. The van der Waals surface area contributed by atoms with E-state index in [1.54, 1.807) is 12.1 Å². The van der Waals surface area contributed by atoms with Crippen molar-refractivity contribution in [1.82, 2.24) is 10.2 Å². The summed E-state index contributed by atoms with van der Waals surface area (Å²) < 4.78 is 27.1. The molecule has 2 amide bonds. The molecule has 0 spiro atoms. The second-order valence-electron chi connectivity index (χ2n) is 9.81. The van der Waals surface area contributed by atoms with Crippen molar-refractivity contribution in [3.05, 3.63) is 101 Å². The number of aryl methyl sites for hydroxylation is 1. The lowest BCUT2D eigenvalue weighted by molar-refractivity contribution is -0.139. The molecule has 0 bridgehead atoms. The van der Waals surface area contributed by atoms with E-state index in [9.17, 15) is 18.0 Å². The van der Waals surface area contributed by atoms with Crippen LogP contribution in [-0.2, 0) is 32.6 Å². The van der Waals surface area contributed by atoms with Crippen LogP contribution in [0.2, 0.25) is 0 Å². The summed E-state index contributed by atoms with van der Waals surface area (Å²) in [7, 11) is -2.27. The molecule has 38 heavy (non-hydrogen) atoms. The van der Waals surface area contributed by atoms with E-state index in [4.69, 9.17) is 0 Å². The number of sulfonamides is 1. The molecule has 3 aromatic carbocycles. The molecule has 0 radical (unpaired) electrons. The van der Waals surface area contributed by atoms with E-state index in [0.717, 1.165) is 32.8 Å². The second-order valence-corrected chi connectivity index (χ2v) is 11.7. The topological polar surface area (TPSA) is 86.8 Å². The third-order valence-corrected chi connectivity index (χ3v) is 7.59. The van der Waals surface area contributed by atoms with Crippen LogP contribution < -0.4 is 9.62 Å². The van der Waals surface area contributed by atoms with Crippen LogP contribution in [0.15, 0.2) is 78.9 Å². The predicted octanol–water partition coefficient (Wildman–Crippen LogP) is 4.27. The average Bonchev–Trinajstić information content (AvgIpc) is 2.88. The minimum absolute atomic E-state index is 0.0469. The lowest BCUT2D eigenvalue weighted by Gasteiger charge is -2.34. The molecular formula is C30H37N3O4S. The van der Waals surface area contributed by atoms with E-state index in [1.165, 1.54) is 11.9 Å². The van der Waals surface area contributed by atoms with Gasteiger partial charge in [0, 0.05) is 20.0 Å². The molecule has 0 aliphatic carbocycles. The van der Waals surface area contributed by atoms with E-state index in [0.29, 0.717) is 12.1 Å². The lowest BCUT2D eigenvalue weighted by atomic mass is 10.0. The van der Waals surface area contributed by atoms with Crippen LogP contribution in [0.5, 0.6) is 0 Å². The predicted molar refractivity (Wildman–Crippen MR) is 152 cm³/mol. The smallest absolute Gasteiger partial charge is 0.244 e. The van der Waals surface area contributed by atoms with E-state index in [2.05, 4.69) is 5.32 Å². The summed E-state index contributed by atoms with van der Waals surface area (Å²) in [6, 6.07) is 23.6. The van der Waals surface area contributed by atoms with Gasteiger partial charge in [0.25, 0.3) is 0 Å². The first-order valence-corrected chi connectivity index (χ1v) is 14.5. The number of carbonyl (C=O) groups is 2. The van der Waals surface area contributed by atoms with Gasteiger partial charge in [-0.15, -0.1) is 0 Å². The van der Waals surface area contributed by atoms with E-state index < -0.39 is 28.5 Å². The van der Waals surface area contributed by atoms with Crippen molar-refractivity contribution in [3.63, 3.8) is 0 Å². The Kier molecular flexibility index (Phi) is 9.69. The van der Waals surface area contributed by atoms with Gasteiger partial charge >= 0.3 is 0 Å². The molecule has 3 aromatic rings. The molecule has 7 nitrogen and oxygen atoms in total. The Labute approximate surface area is 226 Å². The van der Waals surface area contributed by atoms with E-state index >= 15 is 0 Å². The number of nitrogens with one attached hydrogen (secondary N) is 1.